The van der Waals surface area contributed by atoms with Gasteiger partial charge in [0.15, 0.2) is 11.5 Å². The van der Waals surface area contributed by atoms with Gasteiger partial charge in [-0.3, -0.25) is 4.79 Å². The van der Waals surface area contributed by atoms with E-state index in [4.69, 9.17) is 14.6 Å². The van der Waals surface area contributed by atoms with Crippen LogP contribution < -0.4 is 14.5 Å². The number of nitrogens with zero attached hydrogens (tertiary/aromatic N) is 2. The summed E-state index contributed by atoms with van der Waals surface area (Å²) in [5.41, 5.74) is 4.65. The number of ether oxygens (including phenoxy) is 2. The van der Waals surface area contributed by atoms with Crippen molar-refractivity contribution < 1.29 is 14.3 Å². The lowest BCUT2D eigenvalue weighted by molar-refractivity contribution is -0.114. The maximum Gasteiger partial charge on any atom is 0.281 e. The summed E-state index contributed by atoms with van der Waals surface area (Å²) < 4.78 is 11.9. The van der Waals surface area contributed by atoms with Gasteiger partial charge >= 0.3 is 0 Å². The lowest BCUT2D eigenvalue weighted by Gasteiger charge is -2.13. The minimum atomic E-state index is -0.178. The van der Waals surface area contributed by atoms with Crippen molar-refractivity contribution in [2.75, 3.05) is 11.6 Å². The van der Waals surface area contributed by atoms with E-state index in [1.54, 1.807) is 0 Å². The molecule has 36 heavy (non-hydrogen) atoms. The molecule has 0 unspecified atom stereocenters. The fourth-order valence-electron chi connectivity index (χ4n) is 4.00. The number of benzene rings is 4. The standard InChI is InChI=1S/C31H26N2O3/c1-2-35-29-21-24(18-19-28(29)36-22-23-12-6-3-7-13-23)20-27-30(25-14-8-4-9-15-25)32-33(31(27)34)26-16-10-5-11-17-26/h3-21H,2,22H2,1H3. The number of anilines is 1. The van der Waals surface area contributed by atoms with E-state index in [2.05, 4.69) is 0 Å². The minimum Gasteiger partial charge on any atom is -0.490 e. The molecule has 0 N–H and O–H groups in total. The first-order chi connectivity index (χ1) is 17.7. The molecule has 5 nitrogen and oxygen atoms in total. The lowest BCUT2D eigenvalue weighted by Crippen LogP contribution is -2.21. The van der Waals surface area contributed by atoms with E-state index < -0.39 is 0 Å². The number of carbonyl (C=O) groups is 1. The van der Waals surface area contributed by atoms with E-state index >= 15 is 0 Å². The van der Waals surface area contributed by atoms with Crippen molar-refractivity contribution in [3.63, 3.8) is 0 Å². The van der Waals surface area contributed by atoms with E-state index in [0.29, 0.717) is 36.0 Å². The van der Waals surface area contributed by atoms with Crippen molar-refractivity contribution in [2.45, 2.75) is 13.5 Å². The Kier molecular flexibility index (Phi) is 6.90. The quantitative estimate of drug-likeness (QED) is 0.274. The second-order valence-corrected chi connectivity index (χ2v) is 8.24. The molecule has 0 radical (unpaired) electrons. The van der Waals surface area contributed by atoms with Crippen molar-refractivity contribution in [3.8, 4) is 11.5 Å². The monoisotopic (exact) mass is 474 g/mol. The molecule has 178 valence electrons. The summed E-state index contributed by atoms with van der Waals surface area (Å²) in [5, 5.41) is 6.16. The Morgan fingerprint density at radius 1 is 0.778 bits per heavy atom. The maximum absolute atomic E-state index is 13.5. The largest absolute Gasteiger partial charge is 0.490 e. The van der Waals surface area contributed by atoms with Crippen LogP contribution in [0.4, 0.5) is 5.69 Å². The van der Waals surface area contributed by atoms with Gasteiger partial charge in [-0.1, -0.05) is 84.9 Å². The molecule has 5 rings (SSSR count). The number of carbonyl (C=O) groups excluding carboxylic acids is 1. The number of hydrogen-bond donors (Lipinski definition) is 0. The predicted molar refractivity (Wildman–Crippen MR) is 143 cm³/mol. The highest BCUT2D eigenvalue weighted by Gasteiger charge is 2.32. The number of para-hydroxylation sites is 1. The smallest absolute Gasteiger partial charge is 0.281 e. The molecule has 0 aromatic heterocycles. The Labute approximate surface area is 210 Å². The molecular weight excluding hydrogens is 448 g/mol. The molecule has 4 aromatic rings. The Balaban J connectivity index is 1.49. The normalized spacial score (nSPS) is 14.1. The summed E-state index contributed by atoms with van der Waals surface area (Å²) >= 11 is 0. The molecule has 0 saturated heterocycles. The van der Waals surface area contributed by atoms with Crippen LogP contribution in [0.2, 0.25) is 0 Å². The van der Waals surface area contributed by atoms with E-state index in [1.807, 2.05) is 122 Å². The Morgan fingerprint density at radius 2 is 1.44 bits per heavy atom. The predicted octanol–water partition coefficient (Wildman–Crippen LogP) is 6.50. The van der Waals surface area contributed by atoms with Gasteiger partial charge < -0.3 is 9.47 Å². The second kappa shape index (κ2) is 10.7. The van der Waals surface area contributed by atoms with Crippen molar-refractivity contribution >= 4 is 23.4 Å². The minimum absolute atomic E-state index is 0.178. The zero-order valence-corrected chi connectivity index (χ0v) is 20.0. The summed E-state index contributed by atoms with van der Waals surface area (Å²) in [6, 6.07) is 34.9. The summed E-state index contributed by atoms with van der Waals surface area (Å²) in [5.74, 6) is 1.11. The Hall–Kier alpha value is -4.64. The molecule has 0 fully saturated rings. The first-order valence-electron chi connectivity index (χ1n) is 11.9. The molecule has 0 aliphatic carbocycles. The molecule has 4 aromatic carbocycles. The molecule has 1 amide bonds. The molecule has 1 aliphatic heterocycles. The van der Waals surface area contributed by atoms with Crippen LogP contribution in [0.15, 0.2) is 120 Å². The van der Waals surface area contributed by atoms with E-state index in [-0.39, 0.29) is 5.91 Å². The van der Waals surface area contributed by atoms with Gasteiger partial charge in [-0.05, 0) is 48.4 Å². The van der Waals surface area contributed by atoms with Crippen molar-refractivity contribution in [2.24, 2.45) is 5.10 Å². The fourth-order valence-corrected chi connectivity index (χ4v) is 4.00. The Morgan fingerprint density at radius 3 is 2.14 bits per heavy atom. The second-order valence-electron chi connectivity index (χ2n) is 8.24. The SMILES string of the molecule is CCOc1cc(C=C2C(=O)N(c3ccccc3)N=C2c2ccccc2)ccc1OCc1ccccc1. The summed E-state index contributed by atoms with van der Waals surface area (Å²) in [6.07, 6.45) is 1.86. The number of rotatable bonds is 8. The number of hydrazone groups is 1. The van der Waals surface area contributed by atoms with Crippen molar-refractivity contribution in [1.82, 2.24) is 0 Å². The highest BCUT2D eigenvalue weighted by atomic mass is 16.5. The molecule has 5 heteroatoms. The van der Waals surface area contributed by atoms with Crippen LogP contribution in [0.3, 0.4) is 0 Å². The van der Waals surface area contributed by atoms with Crippen LogP contribution >= 0.6 is 0 Å². The molecule has 0 atom stereocenters. The highest BCUT2D eigenvalue weighted by molar-refractivity contribution is 6.37. The van der Waals surface area contributed by atoms with E-state index in [9.17, 15) is 4.79 Å². The van der Waals surface area contributed by atoms with Gasteiger partial charge in [0.1, 0.15) is 12.3 Å². The summed E-state index contributed by atoms with van der Waals surface area (Å²) in [7, 11) is 0. The molecule has 0 bridgehead atoms. The number of amides is 1. The van der Waals surface area contributed by atoms with Gasteiger partial charge in [0.05, 0.1) is 17.9 Å². The van der Waals surface area contributed by atoms with Gasteiger partial charge in [0.2, 0.25) is 0 Å². The van der Waals surface area contributed by atoms with E-state index in [1.165, 1.54) is 5.01 Å². The summed E-state index contributed by atoms with van der Waals surface area (Å²) in [6.45, 7) is 2.88. The van der Waals surface area contributed by atoms with Crippen LogP contribution in [0.5, 0.6) is 11.5 Å². The number of hydrogen-bond acceptors (Lipinski definition) is 4. The van der Waals surface area contributed by atoms with Gasteiger partial charge in [-0.25, -0.2) is 0 Å². The lowest BCUT2D eigenvalue weighted by atomic mass is 10.00. The highest BCUT2D eigenvalue weighted by Crippen LogP contribution is 2.32. The molecular formula is C31H26N2O3. The average Bonchev–Trinajstić information content (AvgIpc) is 3.25. The zero-order valence-electron chi connectivity index (χ0n) is 20.0. The van der Waals surface area contributed by atoms with Crippen molar-refractivity contribution in [1.29, 1.82) is 0 Å². The van der Waals surface area contributed by atoms with Crippen LogP contribution in [0.1, 0.15) is 23.6 Å². The Bertz CT molecular complexity index is 1400. The van der Waals surface area contributed by atoms with E-state index in [0.717, 1.165) is 22.4 Å². The van der Waals surface area contributed by atoms with Gasteiger partial charge in [-0.15, -0.1) is 0 Å². The van der Waals surface area contributed by atoms with Crippen molar-refractivity contribution in [3.05, 3.63) is 131 Å². The van der Waals surface area contributed by atoms with Crippen LogP contribution in [0, 0.1) is 0 Å². The first-order valence-corrected chi connectivity index (χ1v) is 11.9. The molecule has 0 saturated carbocycles. The zero-order chi connectivity index (χ0) is 24.7. The van der Waals surface area contributed by atoms with Crippen LogP contribution in [-0.2, 0) is 11.4 Å². The molecule has 0 spiro atoms. The molecule has 1 aliphatic rings. The molecule has 1 heterocycles. The fraction of sp³-hybridized carbons (Fsp3) is 0.0968. The first kappa shape index (κ1) is 23.1. The van der Waals surface area contributed by atoms with Gasteiger partial charge in [0, 0.05) is 5.56 Å². The van der Waals surface area contributed by atoms with Crippen LogP contribution in [-0.4, -0.2) is 18.2 Å². The summed E-state index contributed by atoms with van der Waals surface area (Å²) in [4.78, 5) is 13.5. The third-order valence-corrected chi connectivity index (χ3v) is 5.74. The average molecular weight is 475 g/mol. The van der Waals surface area contributed by atoms with Crippen LogP contribution in [0.25, 0.3) is 6.08 Å². The maximum atomic E-state index is 13.5. The third kappa shape index (κ3) is 5.05. The van der Waals surface area contributed by atoms with Gasteiger partial charge in [0.25, 0.3) is 5.91 Å². The van der Waals surface area contributed by atoms with Gasteiger partial charge in [-0.2, -0.15) is 10.1 Å². The third-order valence-electron chi connectivity index (χ3n) is 5.74. The topological polar surface area (TPSA) is 51.1 Å².